The zero-order valence-corrected chi connectivity index (χ0v) is 9.72. The van der Waals surface area contributed by atoms with Crippen LogP contribution in [-0.4, -0.2) is 4.98 Å². The second-order valence-corrected chi connectivity index (χ2v) is 4.09. The molecule has 1 aromatic carbocycles. The maximum absolute atomic E-state index is 13.7. The molecule has 0 unspecified atom stereocenters. The van der Waals surface area contributed by atoms with Gasteiger partial charge in [0, 0.05) is 11.8 Å². The largest absolute Gasteiger partial charge is 0.397 e. The quantitative estimate of drug-likeness (QED) is 0.845. The Hall–Kier alpha value is -1.68. The fourth-order valence-electron chi connectivity index (χ4n) is 1.51. The van der Waals surface area contributed by atoms with Gasteiger partial charge in [0.15, 0.2) is 11.6 Å². The molecule has 0 spiro atoms. The Morgan fingerprint density at radius 1 is 1.24 bits per heavy atom. The number of anilines is 1. The molecule has 0 saturated carbocycles. The van der Waals surface area contributed by atoms with Gasteiger partial charge in [-0.3, -0.25) is 4.98 Å². The van der Waals surface area contributed by atoms with Crippen LogP contribution in [0.15, 0.2) is 24.4 Å². The molecular formula is C12H9ClF2N2. The van der Waals surface area contributed by atoms with Crippen LogP contribution in [0.4, 0.5) is 14.5 Å². The van der Waals surface area contributed by atoms with Crippen molar-refractivity contribution in [1.29, 1.82) is 0 Å². The Morgan fingerprint density at radius 3 is 2.59 bits per heavy atom. The summed E-state index contributed by atoms with van der Waals surface area (Å²) >= 11 is 5.69. The fraction of sp³-hybridized carbons (Fsp3) is 0.0833. The molecular weight excluding hydrogens is 246 g/mol. The summed E-state index contributed by atoms with van der Waals surface area (Å²) in [6.07, 6.45) is 1.34. The highest BCUT2D eigenvalue weighted by atomic mass is 35.5. The highest BCUT2D eigenvalue weighted by molar-refractivity contribution is 6.30. The van der Waals surface area contributed by atoms with E-state index in [2.05, 4.69) is 4.98 Å². The molecule has 2 rings (SSSR count). The minimum atomic E-state index is -0.952. The van der Waals surface area contributed by atoms with Crippen LogP contribution in [0, 0.1) is 18.6 Å². The summed E-state index contributed by atoms with van der Waals surface area (Å²) in [5, 5.41) is 0.347. The summed E-state index contributed by atoms with van der Waals surface area (Å²) < 4.78 is 27.1. The van der Waals surface area contributed by atoms with E-state index in [0.29, 0.717) is 5.02 Å². The van der Waals surface area contributed by atoms with Gasteiger partial charge in [-0.05, 0) is 24.6 Å². The van der Waals surface area contributed by atoms with Crippen LogP contribution in [-0.2, 0) is 0 Å². The van der Waals surface area contributed by atoms with Crippen molar-refractivity contribution >= 4 is 17.3 Å². The monoisotopic (exact) mass is 254 g/mol. The zero-order valence-electron chi connectivity index (χ0n) is 8.97. The maximum Gasteiger partial charge on any atom is 0.168 e. The number of aryl methyl sites for hydroxylation is 1. The lowest BCUT2D eigenvalue weighted by Gasteiger charge is -2.08. The van der Waals surface area contributed by atoms with Crippen molar-refractivity contribution in [2.45, 2.75) is 6.92 Å². The van der Waals surface area contributed by atoms with Crippen molar-refractivity contribution in [2.24, 2.45) is 0 Å². The summed E-state index contributed by atoms with van der Waals surface area (Å²) in [5.74, 6) is -1.84. The van der Waals surface area contributed by atoms with Crippen molar-refractivity contribution < 1.29 is 8.78 Å². The molecule has 0 aliphatic carbocycles. The van der Waals surface area contributed by atoms with Gasteiger partial charge < -0.3 is 5.73 Å². The second-order valence-electron chi connectivity index (χ2n) is 3.65. The lowest BCUT2D eigenvalue weighted by Crippen LogP contribution is -1.98. The molecule has 1 heterocycles. The molecule has 88 valence electrons. The number of benzene rings is 1. The summed E-state index contributed by atoms with van der Waals surface area (Å²) in [7, 11) is 0. The zero-order chi connectivity index (χ0) is 12.6. The summed E-state index contributed by atoms with van der Waals surface area (Å²) in [6.45, 7) is 1.49. The minimum Gasteiger partial charge on any atom is -0.397 e. The van der Waals surface area contributed by atoms with E-state index in [9.17, 15) is 8.78 Å². The highest BCUT2D eigenvalue weighted by Gasteiger charge is 2.15. The van der Waals surface area contributed by atoms with Crippen LogP contribution >= 0.6 is 11.6 Å². The lowest BCUT2D eigenvalue weighted by atomic mass is 10.1. The highest BCUT2D eigenvalue weighted by Crippen LogP contribution is 2.29. The third kappa shape index (κ3) is 2.08. The molecule has 0 aliphatic rings. The first-order valence-electron chi connectivity index (χ1n) is 4.86. The molecule has 2 nitrogen and oxygen atoms in total. The number of hydrogen-bond acceptors (Lipinski definition) is 2. The van der Waals surface area contributed by atoms with Gasteiger partial charge >= 0.3 is 0 Å². The topological polar surface area (TPSA) is 38.9 Å². The molecule has 0 radical (unpaired) electrons. The van der Waals surface area contributed by atoms with E-state index in [4.69, 9.17) is 17.3 Å². The molecule has 0 saturated heterocycles. The van der Waals surface area contributed by atoms with Crippen molar-refractivity contribution in [1.82, 2.24) is 4.98 Å². The normalized spacial score (nSPS) is 10.6. The maximum atomic E-state index is 13.7. The predicted octanol–water partition coefficient (Wildman–Crippen LogP) is 3.57. The molecule has 0 aliphatic heterocycles. The van der Waals surface area contributed by atoms with Crippen LogP contribution in [0.1, 0.15) is 5.56 Å². The van der Waals surface area contributed by atoms with Crippen LogP contribution in [0.5, 0.6) is 0 Å². The van der Waals surface area contributed by atoms with Gasteiger partial charge in [-0.2, -0.15) is 0 Å². The van der Waals surface area contributed by atoms with Crippen LogP contribution in [0.2, 0.25) is 5.02 Å². The van der Waals surface area contributed by atoms with Crippen molar-refractivity contribution in [3.63, 3.8) is 0 Å². The standard InChI is InChI=1S/C12H9ClF2N2/c1-6-2-3-8(11(15)10(6)14)12-9(16)4-7(13)5-17-12/h2-5H,16H2,1H3. The number of nitrogen functional groups attached to an aromatic ring is 1. The number of nitrogens with two attached hydrogens (primary N) is 1. The SMILES string of the molecule is Cc1ccc(-c2ncc(Cl)cc2N)c(F)c1F. The van der Waals surface area contributed by atoms with Gasteiger partial charge in [0.1, 0.15) is 0 Å². The first-order valence-corrected chi connectivity index (χ1v) is 5.24. The van der Waals surface area contributed by atoms with E-state index in [1.165, 1.54) is 31.3 Å². The molecule has 1 aromatic heterocycles. The third-order valence-electron chi connectivity index (χ3n) is 2.41. The molecule has 0 fully saturated rings. The van der Waals surface area contributed by atoms with E-state index in [-0.39, 0.29) is 22.5 Å². The van der Waals surface area contributed by atoms with Crippen molar-refractivity contribution in [3.05, 3.63) is 46.6 Å². The Balaban J connectivity index is 2.65. The van der Waals surface area contributed by atoms with E-state index >= 15 is 0 Å². The average Bonchev–Trinajstić information content (AvgIpc) is 2.28. The van der Waals surface area contributed by atoms with E-state index in [1.807, 2.05) is 0 Å². The number of halogens is 3. The molecule has 17 heavy (non-hydrogen) atoms. The van der Waals surface area contributed by atoms with Crippen LogP contribution < -0.4 is 5.73 Å². The van der Waals surface area contributed by atoms with Gasteiger partial charge in [0.25, 0.3) is 0 Å². The number of rotatable bonds is 1. The smallest absolute Gasteiger partial charge is 0.168 e. The summed E-state index contributed by atoms with van der Waals surface area (Å²) in [5.41, 5.74) is 6.33. The van der Waals surface area contributed by atoms with Gasteiger partial charge in [-0.15, -0.1) is 0 Å². The van der Waals surface area contributed by atoms with E-state index in [0.717, 1.165) is 0 Å². The van der Waals surface area contributed by atoms with Crippen molar-refractivity contribution in [3.8, 4) is 11.3 Å². The molecule has 2 aromatic rings. The number of pyridine rings is 1. The summed E-state index contributed by atoms with van der Waals surface area (Å²) in [4.78, 5) is 3.92. The van der Waals surface area contributed by atoms with Crippen LogP contribution in [0.3, 0.4) is 0 Å². The first-order chi connectivity index (χ1) is 8.00. The number of aromatic nitrogens is 1. The third-order valence-corrected chi connectivity index (χ3v) is 2.62. The lowest BCUT2D eigenvalue weighted by molar-refractivity contribution is 0.505. The first kappa shape index (κ1) is 11.8. The molecule has 0 amide bonds. The average molecular weight is 255 g/mol. The summed E-state index contributed by atoms with van der Waals surface area (Å²) in [6, 6.07) is 4.37. The van der Waals surface area contributed by atoms with E-state index < -0.39 is 11.6 Å². The predicted molar refractivity (Wildman–Crippen MR) is 63.7 cm³/mol. The Bertz CT molecular complexity index is 585. The van der Waals surface area contributed by atoms with Gasteiger partial charge in [0.2, 0.25) is 0 Å². The number of hydrogen-bond donors (Lipinski definition) is 1. The fourth-order valence-corrected chi connectivity index (χ4v) is 1.68. The Labute approximate surface area is 102 Å². The molecule has 2 N–H and O–H groups in total. The molecule has 0 bridgehead atoms. The van der Waals surface area contributed by atoms with Gasteiger partial charge in [-0.1, -0.05) is 17.7 Å². The molecule has 5 heteroatoms. The van der Waals surface area contributed by atoms with Gasteiger partial charge in [-0.25, -0.2) is 8.78 Å². The van der Waals surface area contributed by atoms with Gasteiger partial charge in [0.05, 0.1) is 16.4 Å². The van der Waals surface area contributed by atoms with E-state index in [1.54, 1.807) is 0 Å². The Morgan fingerprint density at radius 2 is 1.94 bits per heavy atom. The minimum absolute atomic E-state index is 0.0299. The van der Waals surface area contributed by atoms with Crippen LogP contribution in [0.25, 0.3) is 11.3 Å². The number of nitrogens with zero attached hydrogens (tertiary/aromatic N) is 1. The Kier molecular flexibility index (Phi) is 2.98. The molecule has 0 atom stereocenters. The second kappa shape index (κ2) is 4.30. The van der Waals surface area contributed by atoms with Crippen molar-refractivity contribution in [2.75, 3.05) is 5.73 Å².